The second-order valence-electron chi connectivity index (χ2n) is 9.04. The molecule has 3 atom stereocenters. The first kappa shape index (κ1) is 23.3. The number of aromatic hydroxyl groups is 1. The number of carbonyl (C=O) groups is 2. The maximum atomic E-state index is 13.6. The highest BCUT2D eigenvalue weighted by molar-refractivity contribution is 5.97. The van der Waals surface area contributed by atoms with E-state index in [1.807, 2.05) is 48.6 Å². The van der Waals surface area contributed by atoms with Gasteiger partial charge in [0.05, 0.1) is 6.04 Å². The lowest BCUT2D eigenvalue weighted by Gasteiger charge is -2.42. The Kier molecular flexibility index (Phi) is 6.25. The molecule has 36 heavy (non-hydrogen) atoms. The molecule has 3 heterocycles. The molecule has 2 aliphatic rings. The zero-order valence-corrected chi connectivity index (χ0v) is 19.4. The van der Waals surface area contributed by atoms with Crippen molar-refractivity contribution in [1.29, 1.82) is 0 Å². The number of pyridine rings is 2. The van der Waals surface area contributed by atoms with E-state index in [0.717, 1.165) is 17.5 Å². The molecule has 5 rings (SSSR count). The number of rotatable bonds is 6. The lowest BCUT2D eigenvalue weighted by Crippen LogP contribution is -2.47. The van der Waals surface area contributed by atoms with E-state index in [1.54, 1.807) is 23.4 Å². The van der Waals surface area contributed by atoms with Crippen molar-refractivity contribution in [2.75, 3.05) is 6.54 Å². The predicted molar refractivity (Wildman–Crippen MR) is 133 cm³/mol. The summed E-state index contributed by atoms with van der Waals surface area (Å²) < 4.78 is 1.51. The molecule has 2 N–H and O–H groups in total. The molecule has 0 spiro atoms. The van der Waals surface area contributed by atoms with Crippen LogP contribution >= 0.6 is 0 Å². The Labute approximate surface area is 207 Å². The van der Waals surface area contributed by atoms with Gasteiger partial charge in [0.2, 0.25) is 5.43 Å². The summed E-state index contributed by atoms with van der Waals surface area (Å²) in [4.78, 5) is 43.8. The number of hydrogen-bond donors (Lipinski definition) is 2. The third-order valence-corrected chi connectivity index (χ3v) is 6.87. The molecule has 1 aliphatic heterocycles. The molecule has 1 aliphatic carbocycles. The molecule has 0 fully saturated rings. The summed E-state index contributed by atoms with van der Waals surface area (Å²) in [5, 5.41) is 20.5. The number of allylic oxidation sites excluding steroid dienone is 4. The van der Waals surface area contributed by atoms with E-state index in [4.69, 9.17) is 0 Å². The number of hydrogen-bond acceptors (Lipinski definition) is 5. The van der Waals surface area contributed by atoms with E-state index in [-0.39, 0.29) is 30.6 Å². The molecule has 1 amide bonds. The van der Waals surface area contributed by atoms with Crippen LogP contribution in [0.25, 0.3) is 0 Å². The summed E-state index contributed by atoms with van der Waals surface area (Å²) in [5.74, 6) is -2.94. The van der Waals surface area contributed by atoms with Gasteiger partial charge in [-0.15, -0.1) is 0 Å². The van der Waals surface area contributed by atoms with Gasteiger partial charge >= 0.3 is 5.97 Å². The molecule has 8 nitrogen and oxygen atoms in total. The van der Waals surface area contributed by atoms with Gasteiger partial charge in [-0.05, 0) is 29.5 Å². The molecular weight excluding hydrogens is 458 g/mol. The van der Waals surface area contributed by atoms with Crippen molar-refractivity contribution in [3.8, 4) is 5.75 Å². The van der Waals surface area contributed by atoms with E-state index in [0.29, 0.717) is 0 Å². The van der Waals surface area contributed by atoms with Crippen LogP contribution in [0.5, 0.6) is 5.75 Å². The van der Waals surface area contributed by atoms with E-state index in [9.17, 15) is 24.6 Å². The molecular formula is C28H25N3O5. The van der Waals surface area contributed by atoms with Gasteiger partial charge in [0.15, 0.2) is 11.4 Å². The van der Waals surface area contributed by atoms with Gasteiger partial charge in [-0.1, -0.05) is 60.7 Å². The predicted octanol–water partition coefficient (Wildman–Crippen LogP) is 3.76. The molecule has 182 valence electrons. The van der Waals surface area contributed by atoms with Crippen LogP contribution in [0.1, 0.15) is 50.4 Å². The Morgan fingerprint density at radius 3 is 2.58 bits per heavy atom. The molecule has 0 radical (unpaired) electrons. The van der Waals surface area contributed by atoms with Gasteiger partial charge in [0.1, 0.15) is 5.56 Å². The number of amides is 1. The summed E-state index contributed by atoms with van der Waals surface area (Å²) in [7, 11) is 0. The first-order valence-electron chi connectivity index (χ1n) is 11.7. The van der Waals surface area contributed by atoms with Crippen LogP contribution in [-0.2, 0) is 6.54 Å². The highest BCUT2D eigenvalue weighted by atomic mass is 16.4. The zero-order chi connectivity index (χ0) is 25.2. The lowest BCUT2D eigenvalue weighted by molar-refractivity contribution is 0.0606. The minimum absolute atomic E-state index is 0.0542. The van der Waals surface area contributed by atoms with Crippen molar-refractivity contribution in [1.82, 2.24) is 14.5 Å². The summed E-state index contributed by atoms with van der Waals surface area (Å²) in [6, 6.07) is 13.0. The van der Waals surface area contributed by atoms with Gasteiger partial charge in [-0.3, -0.25) is 14.6 Å². The van der Waals surface area contributed by atoms with Crippen molar-refractivity contribution < 1.29 is 19.8 Å². The topological polar surface area (TPSA) is 113 Å². The largest absolute Gasteiger partial charge is 0.503 e. The number of benzene rings is 1. The Morgan fingerprint density at radius 1 is 1.11 bits per heavy atom. The second-order valence-corrected chi connectivity index (χ2v) is 9.04. The maximum absolute atomic E-state index is 13.6. The average Bonchev–Trinajstić information content (AvgIpc) is 2.90. The average molecular weight is 484 g/mol. The number of nitrogens with zero attached hydrogens (tertiary/aromatic N) is 3. The normalized spacial score (nSPS) is 19.7. The standard InChI is InChI=1S/C28H25N3O5/c32-25-21(28(35)36)16-31-22(23(19-9-3-1-4-10-19)20-11-5-2-6-12-20)17-30(27(34)24(31)26(25)33)15-18-8-7-13-29-14-18/h1-11,13-14,16,20,22-23,33H,12,15,17H2,(H,35,36)/t20?,22-,23-/m1/s1. The van der Waals surface area contributed by atoms with Crippen LogP contribution in [0.2, 0.25) is 0 Å². The summed E-state index contributed by atoms with van der Waals surface area (Å²) >= 11 is 0. The molecule has 2 aromatic heterocycles. The third kappa shape index (κ3) is 4.22. The minimum atomic E-state index is -1.45. The quantitative estimate of drug-likeness (QED) is 0.552. The van der Waals surface area contributed by atoms with Crippen LogP contribution in [0.3, 0.4) is 0 Å². The molecule has 0 saturated heterocycles. The first-order chi connectivity index (χ1) is 17.5. The van der Waals surface area contributed by atoms with Crippen molar-refractivity contribution in [2.24, 2.45) is 5.92 Å². The Balaban J connectivity index is 1.70. The maximum Gasteiger partial charge on any atom is 0.341 e. The molecule has 8 heteroatoms. The van der Waals surface area contributed by atoms with Crippen LogP contribution in [0.15, 0.2) is 90.2 Å². The second kappa shape index (κ2) is 9.65. The van der Waals surface area contributed by atoms with E-state index >= 15 is 0 Å². The van der Waals surface area contributed by atoms with E-state index in [2.05, 4.69) is 17.1 Å². The highest BCUT2D eigenvalue weighted by Gasteiger charge is 2.41. The van der Waals surface area contributed by atoms with Crippen molar-refractivity contribution in [3.63, 3.8) is 0 Å². The van der Waals surface area contributed by atoms with Gasteiger partial charge in [0, 0.05) is 37.6 Å². The molecule has 3 aromatic rings. The number of carbonyl (C=O) groups excluding carboxylic acids is 1. The fourth-order valence-corrected chi connectivity index (χ4v) is 5.22. The number of aromatic carboxylic acids is 1. The van der Waals surface area contributed by atoms with Crippen LogP contribution in [0, 0.1) is 5.92 Å². The molecule has 1 unspecified atom stereocenters. The minimum Gasteiger partial charge on any atom is -0.503 e. The van der Waals surface area contributed by atoms with Gasteiger partial charge in [0.25, 0.3) is 5.91 Å². The number of fused-ring (bicyclic) bond motifs is 1. The Morgan fingerprint density at radius 2 is 1.92 bits per heavy atom. The molecule has 0 bridgehead atoms. The first-order valence-corrected chi connectivity index (χ1v) is 11.7. The van der Waals surface area contributed by atoms with E-state index in [1.165, 1.54) is 10.8 Å². The summed E-state index contributed by atoms with van der Waals surface area (Å²) in [5.41, 5.74) is -0.00849. The van der Waals surface area contributed by atoms with Crippen molar-refractivity contribution >= 4 is 11.9 Å². The van der Waals surface area contributed by atoms with Crippen molar-refractivity contribution in [2.45, 2.75) is 24.9 Å². The van der Waals surface area contributed by atoms with Crippen LogP contribution in [-0.4, -0.2) is 43.1 Å². The van der Waals surface area contributed by atoms with Crippen LogP contribution in [0.4, 0.5) is 0 Å². The Hall–Kier alpha value is -4.46. The lowest BCUT2D eigenvalue weighted by atomic mass is 9.76. The number of carboxylic acids is 1. The molecule has 0 saturated carbocycles. The van der Waals surface area contributed by atoms with E-state index < -0.39 is 34.7 Å². The summed E-state index contributed by atoms with van der Waals surface area (Å²) in [6.45, 7) is 0.495. The Bertz CT molecular complexity index is 1410. The van der Waals surface area contributed by atoms with Gasteiger partial charge in [-0.25, -0.2) is 4.79 Å². The van der Waals surface area contributed by atoms with Crippen LogP contribution < -0.4 is 5.43 Å². The van der Waals surface area contributed by atoms with Gasteiger partial charge < -0.3 is 19.7 Å². The number of aromatic nitrogens is 2. The smallest absolute Gasteiger partial charge is 0.341 e. The number of carboxylic acid groups (broad SMARTS) is 1. The fourth-order valence-electron chi connectivity index (χ4n) is 5.22. The fraction of sp³-hybridized carbons (Fsp3) is 0.214. The van der Waals surface area contributed by atoms with Gasteiger partial charge in [-0.2, -0.15) is 0 Å². The summed E-state index contributed by atoms with van der Waals surface area (Å²) in [6.07, 6.45) is 13.4. The third-order valence-electron chi connectivity index (χ3n) is 6.87. The molecule has 1 aromatic carbocycles. The zero-order valence-electron chi connectivity index (χ0n) is 19.4. The SMILES string of the molecule is O=C(O)c1cn2c(c(O)c1=O)C(=O)N(Cc1cccnc1)C[C@@H]2[C@H](c1ccccc1)C1C=CC=CC1. The monoisotopic (exact) mass is 483 g/mol. The highest BCUT2D eigenvalue weighted by Crippen LogP contribution is 2.43. The van der Waals surface area contributed by atoms with Crippen molar-refractivity contribution in [3.05, 3.63) is 118 Å².